The molecule has 3 N–H and O–H groups in total. The number of carbonyl (C=O) groups excluding carboxylic acids is 1. The first-order valence-corrected chi connectivity index (χ1v) is 9.44. The van der Waals surface area contributed by atoms with E-state index in [9.17, 15) is 4.79 Å². The van der Waals surface area contributed by atoms with Gasteiger partial charge in [-0.15, -0.1) is 0 Å². The molecule has 0 radical (unpaired) electrons. The van der Waals surface area contributed by atoms with Gasteiger partial charge in [0.05, 0.1) is 7.11 Å². The van der Waals surface area contributed by atoms with Crippen LogP contribution >= 0.6 is 15.9 Å². The number of guanidine groups is 1. The highest BCUT2D eigenvalue weighted by molar-refractivity contribution is 9.10. The highest BCUT2D eigenvalue weighted by Gasteiger charge is 2.06. The molecule has 1 amide bonds. The monoisotopic (exact) mass is 432 g/mol. The van der Waals surface area contributed by atoms with Crippen LogP contribution in [-0.4, -0.2) is 39.1 Å². The molecule has 0 heterocycles. The Bertz CT molecular complexity index is 791. The number of ether oxygens (including phenoxy) is 1. The fourth-order valence-corrected chi connectivity index (χ4v) is 2.72. The fraction of sp³-hybridized carbons (Fsp3) is 0.300. The van der Waals surface area contributed by atoms with E-state index in [0.717, 1.165) is 21.3 Å². The van der Waals surface area contributed by atoms with Crippen LogP contribution in [0.2, 0.25) is 0 Å². The molecule has 0 bridgehead atoms. The number of hydrogen-bond acceptors (Lipinski definition) is 3. The minimum Gasteiger partial charge on any atom is -0.496 e. The minimum atomic E-state index is -0.100. The van der Waals surface area contributed by atoms with Crippen molar-refractivity contribution in [3.05, 3.63) is 63.6 Å². The fourth-order valence-electron chi connectivity index (χ4n) is 2.46. The number of carbonyl (C=O) groups is 1. The number of halogens is 1. The van der Waals surface area contributed by atoms with Gasteiger partial charge in [-0.2, -0.15) is 0 Å². The lowest BCUT2D eigenvalue weighted by molar-refractivity contribution is 0.0954. The summed E-state index contributed by atoms with van der Waals surface area (Å²) in [5, 5.41) is 9.30. The molecular weight excluding hydrogens is 408 g/mol. The standard InChI is InChI=1S/C20H25BrN4O2/c1-14-4-5-16(18(12-14)27-3)13-25-20(22-2)24-11-10-23-19(26)15-6-8-17(21)9-7-15/h4-9,12H,10-11,13H2,1-3H3,(H,23,26)(H2,22,24,25). The van der Waals surface area contributed by atoms with Crippen LogP contribution in [0.4, 0.5) is 0 Å². The maximum absolute atomic E-state index is 12.1. The summed E-state index contributed by atoms with van der Waals surface area (Å²) in [6.07, 6.45) is 0. The number of aryl methyl sites for hydroxylation is 1. The van der Waals surface area contributed by atoms with E-state index in [-0.39, 0.29) is 5.91 Å². The van der Waals surface area contributed by atoms with Gasteiger partial charge in [-0.3, -0.25) is 9.79 Å². The number of hydrogen-bond donors (Lipinski definition) is 3. The molecule has 0 saturated carbocycles. The van der Waals surface area contributed by atoms with Gasteiger partial charge >= 0.3 is 0 Å². The van der Waals surface area contributed by atoms with Crippen LogP contribution in [0.1, 0.15) is 21.5 Å². The number of nitrogens with zero attached hydrogens (tertiary/aromatic N) is 1. The molecular formula is C20H25BrN4O2. The van der Waals surface area contributed by atoms with Crippen molar-refractivity contribution in [1.82, 2.24) is 16.0 Å². The van der Waals surface area contributed by atoms with Crippen molar-refractivity contribution in [2.24, 2.45) is 4.99 Å². The van der Waals surface area contributed by atoms with Crippen molar-refractivity contribution in [2.45, 2.75) is 13.5 Å². The molecule has 7 heteroatoms. The summed E-state index contributed by atoms with van der Waals surface area (Å²) in [4.78, 5) is 16.3. The molecule has 2 rings (SSSR count). The third kappa shape index (κ3) is 6.60. The van der Waals surface area contributed by atoms with Crippen LogP contribution in [0.5, 0.6) is 5.75 Å². The lowest BCUT2D eigenvalue weighted by Crippen LogP contribution is -2.41. The summed E-state index contributed by atoms with van der Waals surface area (Å²) in [5.41, 5.74) is 2.83. The largest absolute Gasteiger partial charge is 0.496 e. The lowest BCUT2D eigenvalue weighted by atomic mass is 10.1. The lowest BCUT2D eigenvalue weighted by Gasteiger charge is -2.14. The average Bonchev–Trinajstić information content (AvgIpc) is 2.68. The quantitative estimate of drug-likeness (QED) is 0.357. The SMILES string of the molecule is CN=C(NCCNC(=O)c1ccc(Br)cc1)NCc1ccc(C)cc1OC. The van der Waals surface area contributed by atoms with Gasteiger partial charge in [0.25, 0.3) is 5.91 Å². The van der Waals surface area contributed by atoms with Crippen LogP contribution in [0.3, 0.4) is 0 Å². The molecule has 27 heavy (non-hydrogen) atoms. The van der Waals surface area contributed by atoms with Gasteiger partial charge in [0.1, 0.15) is 5.75 Å². The molecule has 0 unspecified atom stereocenters. The van der Waals surface area contributed by atoms with Crippen molar-refractivity contribution < 1.29 is 9.53 Å². The Kier molecular flexibility index (Phi) is 8.13. The van der Waals surface area contributed by atoms with Crippen LogP contribution in [0.25, 0.3) is 0 Å². The van der Waals surface area contributed by atoms with Crippen LogP contribution in [0.15, 0.2) is 51.9 Å². The molecule has 0 fully saturated rings. The van der Waals surface area contributed by atoms with E-state index in [2.05, 4.69) is 36.9 Å². The van der Waals surface area contributed by atoms with Crippen molar-refractivity contribution in [3.8, 4) is 5.75 Å². The first-order valence-electron chi connectivity index (χ1n) is 8.65. The van der Waals surface area contributed by atoms with Gasteiger partial charge in [0.15, 0.2) is 5.96 Å². The van der Waals surface area contributed by atoms with Gasteiger partial charge < -0.3 is 20.7 Å². The maximum atomic E-state index is 12.1. The second-order valence-corrected chi connectivity index (χ2v) is 6.85. The van der Waals surface area contributed by atoms with E-state index in [4.69, 9.17) is 4.74 Å². The number of aliphatic imine (C=N–C) groups is 1. The topological polar surface area (TPSA) is 74.8 Å². The van der Waals surface area contributed by atoms with Crippen LogP contribution in [-0.2, 0) is 6.54 Å². The van der Waals surface area contributed by atoms with Crippen molar-refractivity contribution >= 4 is 27.8 Å². The molecule has 0 aliphatic rings. The van der Waals surface area contributed by atoms with Crippen molar-refractivity contribution in [1.29, 1.82) is 0 Å². The van der Waals surface area contributed by atoms with Crippen molar-refractivity contribution in [2.75, 3.05) is 27.2 Å². The molecule has 0 saturated heterocycles. The van der Waals surface area contributed by atoms with Crippen LogP contribution < -0.4 is 20.7 Å². The minimum absolute atomic E-state index is 0.100. The first-order chi connectivity index (χ1) is 13.0. The number of rotatable bonds is 7. The summed E-state index contributed by atoms with van der Waals surface area (Å²) < 4.78 is 6.36. The second-order valence-electron chi connectivity index (χ2n) is 5.93. The summed E-state index contributed by atoms with van der Waals surface area (Å²) >= 11 is 3.36. The third-order valence-electron chi connectivity index (χ3n) is 3.92. The Hall–Kier alpha value is -2.54. The Balaban J connectivity index is 1.76. The van der Waals surface area contributed by atoms with Gasteiger partial charge in [-0.05, 0) is 42.8 Å². The number of nitrogens with one attached hydrogen (secondary N) is 3. The Morgan fingerprint density at radius 2 is 1.78 bits per heavy atom. The molecule has 0 aromatic heterocycles. The zero-order valence-electron chi connectivity index (χ0n) is 15.8. The predicted molar refractivity (Wildman–Crippen MR) is 112 cm³/mol. The number of methoxy groups -OCH3 is 1. The zero-order valence-corrected chi connectivity index (χ0v) is 17.4. The predicted octanol–water partition coefficient (Wildman–Crippen LogP) is 2.86. The smallest absolute Gasteiger partial charge is 0.251 e. The maximum Gasteiger partial charge on any atom is 0.251 e. The van der Waals surface area contributed by atoms with E-state index in [0.29, 0.717) is 31.2 Å². The molecule has 0 aliphatic heterocycles. The number of amides is 1. The summed E-state index contributed by atoms with van der Waals surface area (Å²) in [7, 11) is 3.38. The highest BCUT2D eigenvalue weighted by atomic mass is 79.9. The van der Waals surface area contributed by atoms with E-state index in [1.165, 1.54) is 0 Å². The van der Waals surface area contributed by atoms with Gasteiger partial charge in [0, 0.05) is 42.3 Å². The van der Waals surface area contributed by atoms with Gasteiger partial charge in [-0.25, -0.2) is 0 Å². The Morgan fingerprint density at radius 3 is 2.44 bits per heavy atom. The van der Waals surface area contributed by atoms with Crippen molar-refractivity contribution in [3.63, 3.8) is 0 Å². The summed E-state index contributed by atoms with van der Waals surface area (Å²) in [6.45, 7) is 3.67. The third-order valence-corrected chi connectivity index (χ3v) is 4.45. The number of benzene rings is 2. The molecule has 0 spiro atoms. The zero-order chi connectivity index (χ0) is 19.6. The molecule has 2 aromatic rings. The van der Waals surface area contributed by atoms with Crippen LogP contribution in [0, 0.1) is 6.92 Å². The average molecular weight is 433 g/mol. The van der Waals surface area contributed by atoms with Gasteiger partial charge in [-0.1, -0.05) is 28.1 Å². The first kappa shape index (κ1) is 20.8. The van der Waals surface area contributed by atoms with E-state index in [1.54, 1.807) is 26.3 Å². The van der Waals surface area contributed by atoms with E-state index >= 15 is 0 Å². The second kappa shape index (κ2) is 10.6. The molecule has 144 valence electrons. The Morgan fingerprint density at radius 1 is 1.07 bits per heavy atom. The summed E-state index contributed by atoms with van der Waals surface area (Å²) in [5.74, 6) is 1.41. The molecule has 0 atom stereocenters. The molecule has 6 nitrogen and oxygen atoms in total. The molecule has 2 aromatic carbocycles. The normalized spacial score (nSPS) is 11.0. The van der Waals surface area contributed by atoms with E-state index < -0.39 is 0 Å². The highest BCUT2D eigenvalue weighted by Crippen LogP contribution is 2.19. The van der Waals surface area contributed by atoms with Gasteiger partial charge in [0.2, 0.25) is 0 Å². The molecule has 0 aliphatic carbocycles. The van der Waals surface area contributed by atoms with E-state index in [1.807, 2.05) is 37.3 Å². The summed E-state index contributed by atoms with van der Waals surface area (Å²) in [6, 6.07) is 13.3. The Labute approximate surface area is 168 Å².